The van der Waals surface area contributed by atoms with E-state index in [1.165, 1.54) is 16.8 Å². The first-order chi connectivity index (χ1) is 7.99. The van der Waals surface area contributed by atoms with Crippen LogP contribution in [0.2, 0.25) is 0 Å². The van der Waals surface area contributed by atoms with Crippen LogP contribution in [0.3, 0.4) is 0 Å². The van der Waals surface area contributed by atoms with Crippen LogP contribution in [0, 0.1) is 13.8 Å². The zero-order valence-electron chi connectivity index (χ0n) is 11.0. The van der Waals surface area contributed by atoms with Crippen molar-refractivity contribution in [3.8, 4) is 0 Å². The molecule has 0 radical (unpaired) electrons. The van der Waals surface area contributed by atoms with E-state index in [4.69, 9.17) is 0 Å². The number of rotatable bonds is 1. The molecular weight excluding hydrogens is 212 g/mol. The number of aliphatic hydroxyl groups is 1. The normalized spacial score (nSPS) is 25.8. The van der Waals surface area contributed by atoms with E-state index in [-0.39, 0.29) is 0 Å². The molecule has 1 fully saturated rings. The molecule has 0 saturated carbocycles. The summed E-state index contributed by atoms with van der Waals surface area (Å²) in [6.07, 6.45) is 0. The molecule has 3 heteroatoms. The summed E-state index contributed by atoms with van der Waals surface area (Å²) in [7, 11) is 0. The Balaban J connectivity index is 2.29. The lowest BCUT2D eigenvalue weighted by molar-refractivity contribution is 0.0729. The number of hydrogen-bond donors (Lipinski definition) is 2. The van der Waals surface area contributed by atoms with Gasteiger partial charge in [0.2, 0.25) is 0 Å². The van der Waals surface area contributed by atoms with E-state index >= 15 is 0 Å². The monoisotopic (exact) mass is 234 g/mol. The average Bonchev–Trinajstić information content (AvgIpc) is 2.43. The van der Waals surface area contributed by atoms with Crippen LogP contribution in [0.15, 0.2) is 18.2 Å². The van der Waals surface area contributed by atoms with Crippen molar-refractivity contribution in [1.29, 1.82) is 0 Å². The molecule has 94 valence electrons. The molecule has 0 amide bonds. The Morgan fingerprint density at radius 3 is 2.88 bits per heavy atom. The lowest BCUT2D eigenvalue weighted by Crippen LogP contribution is -2.43. The first kappa shape index (κ1) is 12.4. The molecule has 1 aromatic rings. The molecule has 1 atom stereocenters. The number of hydrogen-bond acceptors (Lipinski definition) is 3. The summed E-state index contributed by atoms with van der Waals surface area (Å²) in [6.45, 7) is 9.39. The van der Waals surface area contributed by atoms with Crippen LogP contribution in [0.4, 0.5) is 5.69 Å². The Bertz CT molecular complexity index is 401. The minimum atomic E-state index is -0.660. The molecule has 1 saturated heterocycles. The molecule has 1 aliphatic rings. The van der Waals surface area contributed by atoms with E-state index in [9.17, 15) is 5.11 Å². The van der Waals surface area contributed by atoms with Gasteiger partial charge in [0.15, 0.2) is 0 Å². The average molecular weight is 234 g/mol. The van der Waals surface area contributed by atoms with E-state index in [2.05, 4.69) is 42.3 Å². The zero-order chi connectivity index (χ0) is 12.5. The Morgan fingerprint density at radius 1 is 1.35 bits per heavy atom. The van der Waals surface area contributed by atoms with Gasteiger partial charge in [-0.1, -0.05) is 12.1 Å². The summed E-state index contributed by atoms with van der Waals surface area (Å²) < 4.78 is 0. The third kappa shape index (κ3) is 2.79. The highest BCUT2D eigenvalue weighted by atomic mass is 16.3. The standard InChI is InChI=1S/C14H22N2O/c1-11-5-4-6-13(12(11)2)16-8-7-15-9-14(3,17)10-16/h4-6,15,17H,7-10H2,1-3H3. The Hall–Kier alpha value is -1.06. The SMILES string of the molecule is Cc1cccc(N2CCNCC(C)(O)C2)c1C. The molecule has 1 aromatic carbocycles. The molecule has 1 aliphatic heterocycles. The van der Waals surface area contributed by atoms with Gasteiger partial charge in [0.05, 0.1) is 5.60 Å². The summed E-state index contributed by atoms with van der Waals surface area (Å²) in [5.41, 5.74) is 3.20. The summed E-state index contributed by atoms with van der Waals surface area (Å²) >= 11 is 0. The number of β-amino-alcohol motifs (C(OH)–C–C–N with tert-alkyl or cyclic N) is 1. The fraction of sp³-hybridized carbons (Fsp3) is 0.571. The highest BCUT2D eigenvalue weighted by molar-refractivity contribution is 5.56. The van der Waals surface area contributed by atoms with Crippen molar-refractivity contribution in [3.05, 3.63) is 29.3 Å². The maximum absolute atomic E-state index is 10.2. The second-order valence-corrected chi connectivity index (χ2v) is 5.31. The molecular formula is C14H22N2O. The van der Waals surface area contributed by atoms with E-state index in [1.54, 1.807) is 0 Å². The smallest absolute Gasteiger partial charge is 0.0917 e. The third-order valence-corrected chi connectivity index (χ3v) is 3.51. The largest absolute Gasteiger partial charge is 0.387 e. The van der Waals surface area contributed by atoms with Gasteiger partial charge >= 0.3 is 0 Å². The lowest BCUT2D eigenvalue weighted by atomic mass is 10.0. The van der Waals surface area contributed by atoms with Gasteiger partial charge < -0.3 is 15.3 Å². The maximum atomic E-state index is 10.2. The fourth-order valence-electron chi connectivity index (χ4n) is 2.40. The number of anilines is 1. The van der Waals surface area contributed by atoms with Gasteiger partial charge in [-0.05, 0) is 38.0 Å². The summed E-state index contributed by atoms with van der Waals surface area (Å²) in [5.74, 6) is 0. The molecule has 0 aliphatic carbocycles. The van der Waals surface area contributed by atoms with E-state index in [0.717, 1.165) is 13.1 Å². The van der Waals surface area contributed by atoms with Crippen LogP contribution < -0.4 is 10.2 Å². The van der Waals surface area contributed by atoms with E-state index in [1.807, 2.05) is 6.92 Å². The third-order valence-electron chi connectivity index (χ3n) is 3.51. The fourth-order valence-corrected chi connectivity index (χ4v) is 2.40. The summed E-state index contributed by atoms with van der Waals surface area (Å²) in [6, 6.07) is 6.36. The number of nitrogens with zero attached hydrogens (tertiary/aromatic N) is 1. The van der Waals surface area contributed by atoms with Crippen LogP contribution in [0.1, 0.15) is 18.1 Å². The van der Waals surface area contributed by atoms with Gasteiger partial charge in [-0.2, -0.15) is 0 Å². The van der Waals surface area contributed by atoms with Crippen LogP contribution >= 0.6 is 0 Å². The van der Waals surface area contributed by atoms with Crippen molar-refractivity contribution in [2.45, 2.75) is 26.4 Å². The molecule has 0 aromatic heterocycles. The van der Waals surface area contributed by atoms with Crippen molar-refractivity contribution in [3.63, 3.8) is 0 Å². The molecule has 2 rings (SSSR count). The van der Waals surface area contributed by atoms with Crippen molar-refractivity contribution in [1.82, 2.24) is 5.32 Å². The first-order valence-electron chi connectivity index (χ1n) is 6.24. The summed E-state index contributed by atoms with van der Waals surface area (Å²) in [5, 5.41) is 13.5. The zero-order valence-corrected chi connectivity index (χ0v) is 11.0. The lowest BCUT2D eigenvalue weighted by Gasteiger charge is -2.31. The summed E-state index contributed by atoms with van der Waals surface area (Å²) in [4.78, 5) is 2.28. The predicted molar refractivity (Wildman–Crippen MR) is 71.6 cm³/mol. The van der Waals surface area contributed by atoms with Crippen molar-refractivity contribution in [2.24, 2.45) is 0 Å². The minimum Gasteiger partial charge on any atom is -0.387 e. The van der Waals surface area contributed by atoms with Gasteiger partial charge in [0.1, 0.15) is 0 Å². The molecule has 3 nitrogen and oxygen atoms in total. The van der Waals surface area contributed by atoms with Gasteiger partial charge in [-0.3, -0.25) is 0 Å². The predicted octanol–water partition coefficient (Wildman–Crippen LogP) is 1.46. The van der Waals surface area contributed by atoms with Gasteiger partial charge in [0, 0.05) is 31.9 Å². The minimum absolute atomic E-state index is 0.660. The second kappa shape index (κ2) is 4.67. The number of nitrogens with one attached hydrogen (secondary N) is 1. The van der Waals surface area contributed by atoms with Gasteiger partial charge in [0.25, 0.3) is 0 Å². The molecule has 1 unspecified atom stereocenters. The first-order valence-corrected chi connectivity index (χ1v) is 6.24. The molecule has 0 bridgehead atoms. The molecule has 0 spiro atoms. The van der Waals surface area contributed by atoms with Crippen LogP contribution in [-0.4, -0.2) is 36.9 Å². The van der Waals surface area contributed by atoms with Crippen molar-refractivity contribution in [2.75, 3.05) is 31.1 Å². The van der Waals surface area contributed by atoms with E-state index in [0.29, 0.717) is 13.1 Å². The molecule has 2 N–H and O–H groups in total. The van der Waals surface area contributed by atoms with E-state index < -0.39 is 5.60 Å². The Morgan fingerprint density at radius 2 is 2.12 bits per heavy atom. The Kier molecular flexibility index (Phi) is 3.40. The van der Waals surface area contributed by atoms with Crippen molar-refractivity contribution >= 4 is 5.69 Å². The topological polar surface area (TPSA) is 35.5 Å². The number of benzene rings is 1. The van der Waals surface area contributed by atoms with Crippen LogP contribution in [-0.2, 0) is 0 Å². The number of aryl methyl sites for hydroxylation is 1. The van der Waals surface area contributed by atoms with Gasteiger partial charge in [-0.25, -0.2) is 0 Å². The highest BCUT2D eigenvalue weighted by Crippen LogP contribution is 2.24. The van der Waals surface area contributed by atoms with Crippen LogP contribution in [0.5, 0.6) is 0 Å². The second-order valence-electron chi connectivity index (χ2n) is 5.31. The van der Waals surface area contributed by atoms with Gasteiger partial charge in [-0.15, -0.1) is 0 Å². The van der Waals surface area contributed by atoms with Crippen molar-refractivity contribution < 1.29 is 5.11 Å². The maximum Gasteiger partial charge on any atom is 0.0917 e. The molecule has 17 heavy (non-hydrogen) atoms. The quantitative estimate of drug-likeness (QED) is 0.772. The highest BCUT2D eigenvalue weighted by Gasteiger charge is 2.27. The van der Waals surface area contributed by atoms with Crippen LogP contribution in [0.25, 0.3) is 0 Å². The molecule has 1 heterocycles. The Labute approximate surface area is 103 Å².